The first-order chi connectivity index (χ1) is 11.6. The molecule has 3 nitrogen and oxygen atoms in total. The average molecular weight is 357 g/mol. The first kappa shape index (κ1) is 16.9. The monoisotopic (exact) mass is 356 g/mol. The van der Waals surface area contributed by atoms with Crippen LogP contribution in [0.15, 0.2) is 41.8 Å². The van der Waals surface area contributed by atoms with Gasteiger partial charge in [0.05, 0.1) is 17.1 Å². The van der Waals surface area contributed by atoms with Gasteiger partial charge in [-0.25, -0.2) is 4.98 Å². The van der Waals surface area contributed by atoms with Crippen LogP contribution in [0.25, 0.3) is 11.3 Å². The summed E-state index contributed by atoms with van der Waals surface area (Å²) in [5.41, 5.74) is 3.23. The van der Waals surface area contributed by atoms with Gasteiger partial charge in [0, 0.05) is 21.9 Å². The molecular formula is C19H20N2OS2. The minimum atomic E-state index is 0.0589. The van der Waals surface area contributed by atoms with Crippen molar-refractivity contribution in [3.8, 4) is 11.3 Å². The second kappa shape index (κ2) is 7.73. The van der Waals surface area contributed by atoms with Gasteiger partial charge in [-0.2, -0.15) is 0 Å². The van der Waals surface area contributed by atoms with E-state index < -0.39 is 0 Å². The zero-order valence-corrected chi connectivity index (χ0v) is 15.5. The number of aryl methyl sites for hydroxylation is 2. The fourth-order valence-electron chi connectivity index (χ4n) is 2.51. The summed E-state index contributed by atoms with van der Waals surface area (Å²) in [6.45, 7) is 4.73. The Morgan fingerprint density at radius 2 is 1.96 bits per heavy atom. The number of nitrogens with zero attached hydrogens (tertiary/aromatic N) is 1. The maximum Gasteiger partial charge on any atom is 0.225 e. The van der Waals surface area contributed by atoms with Crippen molar-refractivity contribution >= 4 is 28.6 Å². The molecule has 0 aliphatic carbocycles. The third-order valence-corrected chi connectivity index (χ3v) is 5.63. The lowest BCUT2D eigenvalue weighted by Crippen LogP contribution is -2.26. The van der Waals surface area contributed by atoms with Crippen LogP contribution in [-0.2, 0) is 17.6 Å². The standard InChI is InChI=1S/C19H20N2OS2/c1-13-5-7-15(8-6-13)19-17(24-14(2)21-19)12-18(22)20-10-9-16-4-3-11-23-16/h3-8,11H,9-10,12H2,1-2H3,(H,20,22). The lowest BCUT2D eigenvalue weighted by atomic mass is 10.1. The Labute approximate surface area is 150 Å². The van der Waals surface area contributed by atoms with Crippen molar-refractivity contribution in [1.29, 1.82) is 0 Å². The van der Waals surface area contributed by atoms with E-state index in [1.165, 1.54) is 10.4 Å². The molecule has 0 radical (unpaired) electrons. The van der Waals surface area contributed by atoms with E-state index in [2.05, 4.69) is 52.9 Å². The number of hydrogen-bond donors (Lipinski definition) is 1. The molecule has 0 saturated carbocycles. The smallest absolute Gasteiger partial charge is 0.225 e. The highest BCUT2D eigenvalue weighted by Gasteiger charge is 2.14. The van der Waals surface area contributed by atoms with Gasteiger partial charge >= 0.3 is 0 Å². The molecule has 0 bridgehead atoms. The Hall–Kier alpha value is -1.98. The number of hydrogen-bond acceptors (Lipinski definition) is 4. The second-order valence-electron chi connectivity index (χ2n) is 5.73. The third kappa shape index (κ3) is 4.30. The average Bonchev–Trinajstić information content (AvgIpc) is 3.18. The molecule has 0 unspecified atom stereocenters. The second-order valence-corrected chi connectivity index (χ2v) is 8.05. The van der Waals surface area contributed by atoms with Crippen LogP contribution in [0, 0.1) is 13.8 Å². The zero-order valence-electron chi connectivity index (χ0n) is 13.8. The molecule has 2 heterocycles. The van der Waals surface area contributed by atoms with E-state index >= 15 is 0 Å². The quantitative estimate of drug-likeness (QED) is 0.712. The van der Waals surface area contributed by atoms with Crippen molar-refractivity contribution < 1.29 is 4.79 Å². The molecule has 1 aromatic carbocycles. The van der Waals surface area contributed by atoms with Crippen LogP contribution in [0.2, 0.25) is 0 Å². The summed E-state index contributed by atoms with van der Waals surface area (Å²) < 4.78 is 0. The fraction of sp³-hybridized carbons (Fsp3) is 0.263. The van der Waals surface area contributed by atoms with E-state index in [1.807, 2.05) is 13.0 Å². The number of thiophene rings is 1. The van der Waals surface area contributed by atoms with Crippen molar-refractivity contribution in [2.24, 2.45) is 0 Å². The van der Waals surface area contributed by atoms with Gasteiger partial charge in [-0.1, -0.05) is 35.9 Å². The van der Waals surface area contributed by atoms with Crippen molar-refractivity contribution in [1.82, 2.24) is 10.3 Å². The molecular weight excluding hydrogens is 336 g/mol. The van der Waals surface area contributed by atoms with Crippen LogP contribution < -0.4 is 5.32 Å². The number of carbonyl (C=O) groups is 1. The van der Waals surface area contributed by atoms with Crippen LogP contribution in [0.1, 0.15) is 20.3 Å². The van der Waals surface area contributed by atoms with Crippen molar-refractivity contribution in [2.75, 3.05) is 6.54 Å². The summed E-state index contributed by atoms with van der Waals surface area (Å²) in [6.07, 6.45) is 1.27. The number of benzene rings is 1. The Morgan fingerprint density at radius 3 is 2.67 bits per heavy atom. The number of thiazole rings is 1. The fourth-order valence-corrected chi connectivity index (χ4v) is 4.18. The van der Waals surface area contributed by atoms with E-state index in [4.69, 9.17) is 0 Å². The number of rotatable bonds is 6. The van der Waals surface area contributed by atoms with E-state index in [9.17, 15) is 4.79 Å². The summed E-state index contributed by atoms with van der Waals surface area (Å²) >= 11 is 3.33. The Kier molecular flexibility index (Phi) is 5.43. The molecule has 0 atom stereocenters. The molecule has 0 spiro atoms. The van der Waals surface area contributed by atoms with Crippen molar-refractivity contribution in [3.63, 3.8) is 0 Å². The number of amides is 1. The molecule has 1 amide bonds. The summed E-state index contributed by atoms with van der Waals surface area (Å²) in [5, 5.41) is 6.07. The van der Waals surface area contributed by atoms with Crippen LogP contribution in [0.4, 0.5) is 0 Å². The Balaban J connectivity index is 1.64. The Bertz CT molecular complexity index is 805. The van der Waals surface area contributed by atoms with Crippen LogP contribution in [0.3, 0.4) is 0 Å². The molecule has 24 heavy (non-hydrogen) atoms. The maximum absolute atomic E-state index is 12.3. The van der Waals surface area contributed by atoms with Gasteiger partial charge in [-0.15, -0.1) is 22.7 Å². The Morgan fingerprint density at radius 1 is 1.17 bits per heavy atom. The van der Waals surface area contributed by atoms with E-state index in [0.717, 1.165) is 27.6 Å². The van der Waals surface area contributed by atoms with Gasteiger partial charge in [-0.05, 0) is 31.7 Å². The van der Waals surface area contributed by atoms with Crippen molar-refractivity contribution in [2.45, 2.75) is 26.7 Å². The summed E-state index contributed by atoms with van der Waals surface area (Å²) in [7, 11) is 0. The van der Waals surface area contributed by atoms with Crippen LogP contribution in [0.5, 0.6) is 0 Å². The van der Waals surface area contributed by atoms with Gasteiger partial charge in [0.1, 0.15) is 0 Å². The minimum Gasteiger partial charge on any atom is -0.355 e. The number of aromatic nitrogens is 1. The summed E-state index contributed by atoms with van der Waals surface area (Å²) in [5.74, 6) is 0.0589. The molecule has 0 saturated heterocycles. The first-order valence-corrected chi connectivity index (χ1v) is 9.64. The van der Waals surface area contributed by atoms with Gasteiger partial charge in [-0.3, -0.25) is 4.79 Å². The lowest BCUT2D eigenvalue weighted by Gasteiger charge is -2.05. The molecule has 3 aromatic rings. The van der Waals surface area contributed by atoms with Gasteiger partial charge in [0.15, 0.2) is 0 Å². The predicted molar refractivity (Wildman–Crippen MR) is 102 cm³/mol. The van der Waals surface area contributed by atoms with E-state index in [-0.39, 0.29) is 5.91 Å². The van der Waals surface area contributed by atoms with Gasteiger partial charge in [0.25, 0.3) is 0 Å². The molecule has 3 rings (SSSR count). The number of nitrogens with one attached hydrogen (secondary N) is 1. The predicted octanol–water partition coefficient (Wildman–Crippen LogP) is 4.39. The minimum absolute atomic E-state index is 0.0589. The van der Waals surface area contributed by atoms with Crippen LogP contribution in [-0.4, -0.2) is 17.4 Å². The maximum atomic E-state index is 12.3. The van der Waals surface area contributed by atoms with E-state index in [1.54, 1.807) is 22.7 Å². The van der Waals surface area contributed by atoms with Crippen molar-refractivity contribution in [3.05, 3.63) is 62.1 Å². The molecule has 1 N–H and O–H groups in total. The molecule has 0 aliphatic heterocycles. The first-order valence-electron chi connectivity index (χ1n) is 7.94. The normalized spacial score (nSPS) is 10.8. The third-order valence-electron chi connectivity index (χ3n) is 3.72. The molecule has 0 fully saturated rings. The zero-order chi connectivity index (χ0) is 16.9. The van der Waals surface area contributed by atoms with E-state index in [0.29, 0.717) is 13.0 Å². The molecule has 0 aliphatic rings. The summed E-state index contributed by atoms with van der Waals surface area (Å²) in [4.78, 5) is 19.2. The van der Waals surface area contributed by atoms with Gasteiger partial charge in [0.2, 0.25) is 5.91 Å². The SMILES string of the molecule is Cc1ccc(-c2nc(C)sc2CC(=O)NCCc2cccs2)cc1. The highest BCUT2D eigenvalue weighted by Crippen LogP contribution is 2.28. The lowest BCUT2D eigenvalue weighted by molar-refractivity contribution is -0.120. The highest BCUT2D eigenvalue weighted by molar-refractivity contribution is 7.12. The number of carbonyl (C=O) groups excluding carboxylic acids is 1. The largest absolute Gasteiger partial charge is 0.355 e. The molecule has 2 aromatic heterocycles. The summed E-state index contributed by atoms with van der Waals surface area (Å²) in [6, 6.07) is 12.4. The highest BCUT2D eigenvalue weighted by atomic mass is 32.1. The topological polar surface area (TPSA) is 42.0 Å². The molecule has 5 heteroatoms. The molecule has 124 valence electrons. The van der Waals surface area contributed by atoms with Crippen LogP contribution >= 0.6 is 22.7 Å². The van der Waals surface area contributed by atoms with Gasteiger partial charge < -0.3 is 5.32 Å².